The molecule has 0 aliphatic rings. The number of ether oxygens (including phenoxy) is 1. The van der Waals surface area contributed by atoms with Crippen molar-refractivity contribution in [1.82, 2.24) is 10.1 Å². The second-order valence-corrected chi connectivity index (χ2v) is 4.82. The second kappa shape index (κ2) is 5.77. The van der Waals surface area contributed by atoms with Gasteiger partial charge in [-0.1, -0.05) is 5.16 Å². The van der Waals surface area contributed by atoms with Crippen LogP contribution in [-0.2, 0) is 6.61 Å². The van der Waals surface area contributed by atoms with E-state index < -0.39 is 0 Å². The molecule has 2 aromatic rings. The average molecular weight is 274 g/mol. The number of aryl methyl sites for hydroxylation is 2. The van der Waals surface area contributed by atoms with Crippen molar-refractivity contribution in [1.29, 1.82) is 0 Å². The maximum absolute atomic E-state index is 11.8. The molecular weight excluding hydrogens is 256 g/mol. The van der Waals surface area contributed by atoms with Gasteiger partial charge in [0.1, 0.15) is 18.1 Å². The Bertz CT molecular complexity index is 581. The molecule has 1 amide bonds. The van der Waals surface area contributed by atoms with E-state index in [4.69, 9.17) is 9.26 Å². The van der Waals surface area contributed by atoms with Crippen LogP contribution in [0.4, 0.5) is 0 Å². The lowest BCUT2D eigenvalue weighted by molar-refractivity contribution is 0.0827. The van der Waals surface area contributed by atoms with Crippen molar-refractivity contribution in [3.63, 3.8) is 0 Å². The highest BCUT2D eigenvalue weighted by atomic mass is 16.5. The van der Waals surface area contributed by atoms with Crippen molar-refractivity contribution in [3.8, 4) is 5.75 Å². The summed E-state index contributed by atoms with van der Waals surface area (Å²) in [4.78, 5) is 13.3. The predicted octanol–water partition coefficient (Wildman–Crippen LogP) is 2.57. The van der Waals surface area contributed by atoms with E-state index in [1.807, 2.05) is 13.8 Å². The van der Waals surface area contributed by atoms with E-state index in [-0.39, 0.29) is 5.91 Å². The number of carbonyl (C=O) groups is 1. The summed E-state index contributed by atoms with van der Waals surface area (Å²) in [6.45, 7) is 4.15. The summed E-state index contributed by atoms with van der Waals surface area (Å²) in [5, 5.41) is 3.88. The molecule has 0 saturated carbocycles. The fourth-order valence-corrected chi connectivity index (χ4v) is 1.82. The molecule has 2 rings (SSSR count). The SMILES string of the molecule is Cc1noc(C)c1COc1ccc(C(=O)N(C)C)cc1. The van der Waals surface area contributed by atoms with Gasteiger partial charge in [0.15, 0.2) is 0 Å². The quantitative estimate of drug-likeness (QED) is 0.859. The van der Waals surface area contributed by atoms with Crippen molar-refractivity contribution >= 4 is 5.91 Å². The van der Waals surface area contributed by atoms with Gasteiger partial charge in [0, 0.05) is 19.7 Å². The molecule has 0 unspecified atom stereocenters. The summed E-state index contributed by atoms with van der Waals surface area (Å²) in [5.74, 6) is 1.45. The Hall–Kier alpha value is -2.30. The lowest BCUT2D eigenvalue weighted by Crippen LogP contribution is -2.21. The van der Waals surface area contributed by atoms with Gasteiger partial charge in [-0.3, -0.25) is 4.79 Å². The summed E-state index contributed by atoms with van der Waals surface area (Å²) in [7, 11) is 3.45. The van der Waals surface area contributed by atoms with Crippen LogP contribution in [-0.4, -0.2) is 30.1 Å². The van der Waals surface area contributed by atoms with Gasteiger partial charge in [-0.05, 0) is 38.1 Å². The summed E-state index contributed by atoms with van der Waals surface area (Å²) in [6, 6.07) is 7.08. The van der Waals surface area contributed by atoms with Crippen LogP contribution in [0.1, 0.15) is 27.4 Å². The topological polar surface area (TPSA) is 55.6 Å². The molecule has 0 fully saturated rings. The molecule has 0 saturated heterocycles. The molecule has 0 atom stereocenters. The minimum Gasteiger partial charge on any atom is -0.489 e. The third-order valence-corrected chi connectivity index (χ3v) is 3.07. The van der Waals surface area contributed by atoms with Crippen LogP contribution in [0.3, 0.4) is 0 Å². The molecule has 0 radical (unpaired) electrons. The van der Waals surface area contributed by atoms with E-state index in [1.54, 1.807) is 43.3 Å². The molecule has 0 aliphatic heterocycles. The molecule has 1 aromatic heterocycles. The first kappa shape index (κ1) is 14.1. The molecule has 1 heterocycles. The summed E-state index contributed by atoms with van der Waals surface area (Å²) in [5.41, 5.74) is 2.43. The van der Waals surface area contributed by atoms with E-state index in [1.165, 1.54) is 0 Å². The number of hydrogen-bond acceptors (Lipinski definition) is 4. The van der Waals surface area contributed by atoms with Gasteiger partial charge in [0.25, 0.3) is 5.91 Å². The van der Waals surface area contributed by atoms with Crippen LogP contribution in [0.15, 0.2) is 28.8 Å². The van der Waals surface area contributed by atoms with Gasteiger partial charge in [-0.15, -0.1) is 0 Å². The average Bonchev–Trinajstić information content (AvgIpc) is 2.75. The van der Waals surface area contributed by atoms with Crippen molar-refractivity contribution in [2.24, 2.45) is 0 Å². The maximum atomic E-state index is 11.8. The third kappa shape index (κ3) is 2.99. The number of carbonyl (C=O) groups excluding carboxylic acids is 1. The smallest absolute Gasteiger partial charge is 0.253 e. The normalized spacial score (nSPS) is 10.4. The number of nitrogens with zero attached hydrogens (tertiary/aromatic N) is 2. The zero-order valence-electron chi connectivity index (χ0n) is 12.1. The van der Waals surface area contributed by atoms with Crippen molar-refractivity contribution in [2.75, 3.05) is 14.1 Å². The lowest BCUT2D eigenvalue weighted by atomic mass is 10.2. The molecule has 5 nitrogen and oxygen atoms in total. The minimum absolute atomic E-state index is 0.0257. The molecule has 20 heavy (non-hydrogen) atoms. The molecule has 0 bridgehead atoms. The van der Waals surface area contributed by atoms with Crippen molar-refractivity contribution < 1.29 is 14.1 Å². The molecule has 1 aromatic carbocycles. The lowest BCUT2D eigenvalue weighted by Gasteiger charge is -2.11. The largest absolute Gasteiger partial charge is 0.489 e. The standard InChI is InChI=1S/C15H18N2O3/c1-10-14(11(2)20-16-10)9-19-13-7-5-12(6-8-13)15(18)17(3)4/h5-8H,9H2,1-4H3. The first-order chi connectivity index (χ1) is 9.49. The highest BCUT2D eigenvalue weighted by molar-refractivity contribution is 5.93. The number of hydrogen-bond donors (Lipinski definition) is 0. The number of aromatic nitrogens is 1. The minimum atomic E-state index is -0.0257. The Kier molecular flexibility index (Phi) is 4.08. The number of amides is 1. The van der Waals surface area contributed by atoms with Crippen molar-refractivity contribution in [2.45, 2.75) is 20.5 Å². The number of benzene rings is 1. The van der Waals surface area contributed by atoms with Gasteiger partial charge in [0.05, 0.1) is 11.3 Å². The van der Waals surface area contributed by atoms with Gasteiger partial charge in [0.2, 0.25) is 0 Å². The molecular formula is C15H18N2O3. The molecule has 0 aliphatic carbocycles. The van der Waals surface area contributed by atoms with E-state index >= 15 is 0 Å². The van der Waals surface area contributed by atoms with Crippen LogP contribution in [0.25, 0.3) is 0 Å². The highest BCUT2D eigenvalue weighted by Gasteiger charge is 2.10. The first-order valence-corrected chi connectivity index (χ1v) is 6.35. The summed E-state index contributed by atoms with van der Waals surface area (Å²) in [6.07, 6.45) is 0. The van der Waals surface area contributed by atoms with E-state index in [0.29, 0.717) is 17.9 Å². The summed E-state index contributed by atoms with van der Waals surface area (Å²) < 4.78 is 10.8. The fraction of sp³-hybridized carbons (Fsp3) is 0.333. The van der Waals surface area contributed by atoms with Crippen LogP contribution in [0.5, 0.6) is 5.75 Å². The van der Waals surface area contributed by atoms with Crippen molar-refractivity contribution in [3.05, 3.63) is 46.8 Å². The van der Waals surface area contributed by atoms with E-state index in [9.17, 15) is 4.79 Å². The Morgan fingerprint density at radius 1 is 1.25 bits per heavy atom. The van der Waals surface area contributed by atoms with E-state index in [2.05, 4.69) is 5.16 Å². The fourth-order valence-electron chi connectivity index (χ4n) is 1.82. The monoisotopic (exact) mass is 274 g/mol. The van der Waals surface area contributed by atoms with Gasteiger partial charge < -0.3 is 14.2 Å². The Balaban J connectivity index is 2.03. The second-order valence-electron chi connectivity index (χ2n) is 4.82. The Morgan fingerprint density at radius 2 is 1.90 bits per heavy atom. The molecule has 0 N–H and O–H groups in total. The Labute approximate surface area is 118 Å². The molecule has 106 valence electrons. The highest BCUT2D eigenvalue weighted by Crippen LogP contribution is 2.18. The van der Waals surface area contributed by atoms with Gasteiger partial charge in [-0.2, -0.15) is 0 Å². The summed E-state index contributed by atoms with van der Waals surface area (Å²) >= 11 is 0. The van der Waals surface area contributed by atoms with Crippen LogP contribution < -0.4 is 4.74 Å². The Morgan fingerprint density at radius 3 is 2.40 bits per heavy atom. The molecule has 5 heteroatoms. The first-order valence-electron chi connectivity index (χ1n) is 6.35. The zero-order valence-corrected chi connectivity index (χ0v) is 12.1. The van der Waals surface area contributed by atoms with E-state index in [0.717, 1.165) is 17.0 Å². The zero-order chi connectivity index (χ0) is 14.7. The third-order valence-electron chi connectivity index (χ3n) is 3.07. The van der Waals surface area contributed by atoms with Gasteiger partial charge >= 0.3 is 0 Å². The van der Waals surface area contributed by atoms with Crippen LogP contribution in [0.2, 0.25) is 0 Å². The van der Waals surface area contributed by atoms with Crippen LogP contribution in [0, 0.1) is 13.8 Å². The predicted molar refractivity (Wildman–Crippen MR) is 74.8 cm³/mol. The maximum Gasteiger partial charge on any atom is 0.253 e. The number of rotatable bonds is 4. The van der Waals surface area contributed by atoms with Crippen LogP contribution >= 0.6 is 0 Å². The molecule has 0 spiro atoms. The van der Waals surface area contributed by atoms with Gasteiger partial charge in [-0.25, -0.2) is 0 Å².